The molecule has 7 nitrogen and oxygen atoms in total. The van der Waals surface area contributed by atoms with Crippen molar-refractivity contribution in [3.05, 3.63) is 71.8 Å². The van der Waals surface area contributed by atoms with Crippen molar-refractivity contribution in [2.75, 3.05) is 13.2 Å². The Morgan fingerprint density at radius 2 is 1.12 bits per heavy atom. The summed E-state index contributed by atoms with van der Waals surface area (Å²) in [4.78, 5) is 0. The molecule has 0 saturated carbocycles. The zero-order chi connectivity index (χ0) is 22.3. The van der Waals surface area contributed by atoms with Gasteiger partial charge in [-0.1, -0.05) is 48.5 Å². The predicted molar refractivity (Wildman–Crippen MR) is 121 cm³/mol. The molecule has 2 heterocycles. The highest BCUT2D eigenvalue weighted by molar-refractivity contribution is 7.79. The summed E-state index contributed by atoms with van der Waals surface area (Å²) in [5.74, 6) is 3.31. The molecule has 0 unspecified atom stereocenters. The molecule has 0 spiro atoms. The van der Waals surface area contributed by atoms with E-state index < -0.39 is 10.4 Å². The van der Waals surface area contributed by atoms with Crippen molar-refractivity contribution in [3.8, 4) is 23.0 Å². The molecular weight excluding hydrogens is 432 g/mol. The van der Waals surface area contributed by atoms with Crippen LogP contribution in [-0.2, 0) is 23.2 Å². The molecule has 8 heteroatoms. The van der Waals surface area contributed by atoms with E-state index in [0.29, 0.717) is 13.2 Å². The average molecular weight is 452 g/mol. The number of rotatable bonds is 2. The van der Waals surface area contributed by atoms with Gasteiger partial charge in [0, 0.05) is 24.0 Å². The van der Waals surface area contributed by atoms with Crippen LogP contribution in [0.15, 0.2) is 60.7 Å². The minimum Gasteiger partial charge on any atom is -0.489 e. The Labute approximate surface area is 184 Å². The third-order valence-electron chi connectivity index (χ3n) is 5.56. The van der Waals surface area contributed by atoms with Gasteiger partial charge in [0.25, 0.3) is 0 Å². The molecule has 4 aromatic carbocycles. The Morgan fingerprint density at radius 1 is 0.719 bits per heavy atom. The van der Waals surface area contributed by atoms with Crippen LogP contribution in [0.25, 0.3) is 21.5 Å². The fourth-order valence-electron chi connectivity index (χ4n) is 4.31. The molecule has 0 saturated heterocycles. The number of benzene rings is 4. The smallest absolute Gasteiger partial charge is 0.394 e. The highest BCUT2D eigenvalue weighted by Gasteiger charge is 2.26. The molecular formula is C24H20O7S. The Bertz CT molecular complexity index is 1340. The highest BCUT2D eigenvalue weighted by Crippen LogP contribution is 2.48. The van der Waals surface area contributed by atoms with Crippen LogP contribution in [0.4, 0.5) is 0 Å². The lowest BCUT2D eigenvalue weighted by molar-refractivity contribution is 0.267. The summed E-state index contributed by atoms with van der Waals surface area (Å²) < 4.78 is 50.0. The second kappa shape index (κ2) is 7.98. The summed E-state index contributed by atoms with van der Waals surface area (Å²) in [5.41, 5.74) is 2.44. The summed E-state index contributed by atoms with van der Waals surface area (Å²) in [7, 11) is -4.67. The van der Waals surface area contributed by atoms with Gasteiger partial charge < -0.3 is 14.2 Å². The van der Waals surface area contributed by atoms with Crippen molar-refractivity contribution in [2.45, 2.75) is 12.8 Å². The quantitative estimate of drug-likeness (QED) is 0.413. The predicted octanol–water partition coefficient (Wildman–Crippen LogP) is 5.00. The van der Waals surface area contributed by atoms with Gasteiger partial charge >= 0.3 is 10.4 Å². The third-order valence-corrected chi connectivity index (χ3v) is 5.56. The Kier molecular flexibility index (Phi) is 5.13. The van der Waals surface area contributed by atoms with Crippen LogP contribution in [0.1, 0.15) is 11.1 Å². The van der Waals surface area contributed by atoms with Crippen molar-refractivity contribution < 1.29 is 31.7 Å². The lowest BCUT2D eigenvalue weighted by Gasteiger charge is -2.27. The largest absolute Gasteiger partial charge is 0.489 e. The molecule has 0 aromatic heterocycles. The van der Waals surface area contributed by atoms with Gasteiger partial charge in [-0.15, -0.1) is 0 Å². The van der Waals surface area contributed by atoms with E-state index in [2.05, 4.69) is 60.7 Å². The average Bonchev–Trinajstić information content (AvgIpc) is 2.73. The van der Waals surface area contributed by atoms with Crippen LogP contribution in [0, 0.1) is 0 Å². The topological polar surface area (TPSA) is 102 Å². The van der Waals surface area contributed by atoms with E-state index in [0.717, 1.165) is 35.8 Å². The number of fused-ring (bicyclic) bond motifs is 8. The van der Waals surface area contributed by atoms with Gasteiger partial charge in [-0.2, -0.15) is 8.42 Å². The van der Waals surface area contributed by atoms with E-state index in [1.807, 2.05) is 0 Å². The van der Waals surface area contributed by atoms with Crippen LogP contribution in [0.5, 0.6) is 23.0 Å². The number of hydrogen-bond acceptors (Lipinski definition) is 5. The molecule has 0 fully saturated rings. The van der Waals surface area contributed by atoms with E-state index in [4.69, 9.17) is 31.7 Å². The first-order chi connectivity index (χ1) is 15.4. The zero-order valence-electron chi connectivity index (χ0n) is 16.9. The van der Waals surface area contributed by atoms with Gasteiger partial charge in [-0.25, -0.2) is 0 Å². The van der Waals surface area contributed by atoms with Crippen LogP contribution in [0.2, 0.25) is 0 Å². The second-order valence-electron chi connectivity index (χ2n) is 7.55. The first-order valence-corrected chi connectivity index (χ1v) is 11.5. The van der Waals surface area contributed by atoms with Gasteiger partial charge in [-0.05, 0) is 33.7 Å². The molecule has 32 heavy (non-hydrogen) atoms. The van der Waals surface area contributed by atoms with Crippen molar-refractivity contribution in [1.29, 1.82) is 0 Å². The van der Waals surface area contributed by atoms with E-state index in [9.17, 15) is 0 Å². The standard InChI is InChI=1S/C24H18O3.H2O4S/c1-3-7-17-15(5-1)13-21-23(19(17)9-11-25-21)27-24-20-10-12-26-22(24)14-16-6-2-4-8-18(16)20;1-5(2,3)4/h1-8,13-14H,9-12H2;(H2,1,2,3,4). The van der Waals surface area contributed by atoms with Gasteiger partial charge in [-0.3, -0.25) is 9.11 Å². The van der Waals surface area contributed by atoms with Gasteiger partial charge in [0.1, 0.15) is 0 Å². The Hall–Kier alpha value is -3.33. The lowest BCUT2D eigenvalue weighted by atomic mass is 9.97. The zero-order valence-corrected chi connectivity index (χ0v) is 17.8. The fourth-order valence-corrected chi connectivity index (χ4v) is 4.31. The molecule has 6 rings (SSSR count). The number of ether oxygens (including phenoxy) is 3. The van der Waals surface area contributed by atoms with Gasteiger partial charge in [0.15, 0.2) is 23.0 Å². The van der Waals surface area contributed by atoms with Crippen LogP contribution >= 0.6 is 0 Å². The molecule has 2 aliphatic heterocycles. The molecule has 0 aliphatic carbocycles. The minimum atomic E-state index is -4.67. The molecule has 4 aromatic rings. The number of hydrogen-bond donors (Lipinski definition) is 2. The maximum absolute atomic E-state index is 8.74. The summed E-state index contributed by atoms with van der Waals surface area (Å²) in [6.45, 7) is 1.38. The highest BCUT2D eigenvalue weighted by atomic mass is 32.3. The molecule has 2 aliphatic rings. The molecule has 4 bridgehead atoms. The molecule has 0 radical (unpaired) electrons. The van der Waals surface area contributed by atoms with Crippen LogP contribution in [-0.4, -0.2) is 30.7 Å². The summed E-state index contributed by atoms with van der Waals surface area (Å²) in [6.07, 6.45) is 1.70. The van der Waals surface area contributed by atoms with Gasteiger partial charge in [0.05, 0.1) is 13.2 Å². The first-order valence-electron chi connectivity index (χ1n) is 10.1. The van der Waals surface area contributed by atoms with Crippen molar-refractivity contribution in [1.82, 2.24) is 0 Å². The van der Waals surface area contributed by atoms with Crippen molar-refractivity contribution in [3.63, 3.8) is 0 Å². The van der Waals surface area contributed by atoms with Crippen LogP contribution in [0.3, 0.4) is 0 Å². The summed E-state index contributed by atoms with van der Waals surface area (Å²) in [5, 5.41) is 4.86. The molecule has 2 N–H and O–H groups in total. The fraction of sp³-hybridized carbons (Fsp3) is 0.167. The maximum Gasteiger partial charge on any atom is 0.394 e. The monoisotopic (exact) mass is 452 g/mol. The van der Waals surface area contributed by atoms with Crippen LogP contribution < -0.4 is 14.2 Å². The minimum absolute atomic E-state index is 0.691. The Morgan fingerprint density at radius 3 is 1.56 bits per heavy atom. The molecule has 164 valence electrons. The SMILES string of the molecule is O=S(=O)(O)O.c1ccc2c3c(Oc4c5cc6ccccc6c4CCO5)c(cc2c1)OCC3. The lowest BCUT2D eigenvalue weighted by Crippen LogP contribution is -2.14. The second-order valence-corrected chi connectivity index (χ2v) is 8.45. The molecule has 0 atom stereocenters. The third kappa shape index (κ3) is 3.95. The van der Waals surface area contributed by atoms with Gasteiger partial charge in [0.2, 0.25) is 0 Å². The van der Waals surface area contributed by atoms with Crippen molar-refractivity contribution in [2.24, 2.45) is 0 Å². The van der Waals surface area contributed by atoms with E-state index in [1.54, 1.807) is 0 Å². The first kappa shape index (κ1) is 20.6. The summed E-state index contributed by atoms with van der Waals surface area (Å²) in [6, 6.07) is 21.0. The van der Waals surface area contributed by atoms with Crippen molar-refractivity contribution >= 4 is 31.9 Å². The Balaban J connectivity index is 0.000000393. The van der Waals surface area contributed by atoms with E-state index in [-0.39, 0.29) is 0 Å². The van der Waals surface area contributed by atoms with E-state index >= 15 is 0 Å². The summed E-state index contributed by atoms with van der Waals surface area (Å²) >= 11 is 0. The normalized spacial score (nSPS) is 14.2. The molecule has 0 amide bonds. The van der Waals surface area contributed by atoms with E-state index in [1.165, 1.54) is 32.7 Å². The maximum atomic E-state index is 8.74.